The summed E-state index contributed by atoms with van der Waals surface area (Å²) in [6.07, 6.45) is 4.84. The van der Waals surface area contributed by atoms with Crippen molar-refractivity contribution in [3.8, 4) is 5.75 Å². The third kappa shape index (κ3) is 3.60. The average Bonchev–Trinajstić information content (AvgIpc) is 3.17. The lowest BCUT2D eigenvalue weighted by Crippen LogP contribution is -2.39. The van der Waals surface area contributed by atoms with Crippen molar-refractivity contribution < 1.29 is 9.53 Å². The molecule has 1 aliphatic heterocycles. The molecule has 0 radical (unpaired) electrons. The zero-order valence-corrected chi connectivity index (χ0v) is 16.9. The van der Waals surface area contributed by atoms with Crippen molar-refractivity contribution in [3.63, 3.8) is 0 Å². The number of para-hydroxylation sites is 1. The number of halogens is 1. The highest BCUT2D eigenvalue weighted by Crippen LogP contribution is 2.39. The van der Waals surface area contributed by atoms with Crippen LogP contribution in [0.2, 0.25) is 5.02 Å². The van der Waals surface area contributed by atoms with E-state index in [1.807, 2.05) is 42.5 Å². The number of hydrogen-bond donors (Lipinski definition) is 2. The number of nitrogens with one attached hydrogen (secondary N) is 2. The number of ether oxygens (including phenoxy) is 1. The van der Waals surface area contributed by atoms with Crippen LogP contribution in [0.25, 0.3) is 11.0 Å². The van der Waals surface area contributed by atoms with Crippen molar-refractivity contribution in [1.82, 2.24) is 15.3 Å². The van der Waals surface area contributed by atoms with Crippen LogP contribution in [0.15, 0.2) is 42.5 Å². The molecule has 3 aromatic rings. The van der Waals surface area contributed by atoms with Gasteiger partial charge in [-0.2, -0.15) is 0 Å². The fraction of sp³-hybridized carbons (Fsp3) is 0.391. The minimum absolute atomic E-state index is 0.00417. The maximum Gasteiger partial charge on any atom is 0.224 e. The molecule has 5 nitrogen and oxygen atoms in total. The van der Waals surface area contributed by atoms with Crippen LogP contribution >= 0.6 is 11.6 Å². The number of hydrogen-bond acceptors (Lipinski definition) is 3. The Balaban J connectivity index is 1.39. The molecular formula is C23H24ClN3O2. The number of nitrogens with zero attached hydrogens (tertiary/aromatic N) is 1. The van der Waals surface area contributed by atoms with E-state index in [4.69, 9.17) is 21.3 Å². The van der Waals surface area contributed by atoms with Gasteiger partial charge in [-0.3, -0.25) is 4.79 Å². The van der Waals surface area contributed by atoms with E-state index in [2.05, 4.69) is 10.3 Å². The van der Waals surface area contributed by atoms with Gasteiger partial charge in [0.2, 0.25) is 5.91 Å². The standard InChI is InChI=1S/C23H24ClN3O2/c24-14-9-10-19-20(13-14)26-22(25-19)15-5-1-2-6-16(15)23(28)27-18-11-12-29-21-8-4-3-7-17(18)21/h3-4,7-10,13,15-16,18H,1-2,5-6,11-12H2,(H,25,26)(H,27,28)/t15-,16-,18-/m1/s1. The molecule has 2 aromatic carbocycles. The second kappa shape index (κ2) is 7.71. The molecule has 29 heavy (non-hydrogen) atoms. The fourth-order valence-electron chi connectivity index (χ4n) is 4.72. The van der Waals surface area contributed by atoms with E-state index >= 15 is 0 Å². The van der Waals surface area contributed by atoms with Crippen molar-refractivity contribution in [3.05, 3.63) is 58.9 Å². The first-order chi connectivity index (χ1) is 14.2. The number of rotatable bonds is 3. The topological polar surface area (TPSA) is 67.0 Å². The number of imidazole rings is 1. The van der Waals surface area contributed by atoms with Gasteiger partial charge in [0.25, 0.3) is 0 Å². The molecule has 1 aliphatic carbocycles. The number of carbonyl (C=O) groups excluding carboxylic acids is 1. The molecule has 2 heterocycles. The van der Waals surface area contributed by atoms with Crippen molar-refractivity contribution in [2.45, 2.75) is 44.1 Å². The van der Waals surface area contributed by atoms with Gasteiger partial charge in [0.1, 0.15) is 11.6 Å². The summed E-state index contributed by atoms with van der Waals surface area (Å²) in [6, 6.07) is 13.6. The molecular weight excluding hydrogens is 386 g/mol. The summed E-state index contributed by atoms with van der Waals surface area (Å²) in [5, 5.41) is 3.99. The molecule has 0 bridgehead atoms. The van der Waals surface area contributed by atoms with Gasteiger partial charge in [-0.05, 0) is 37.1 Å². The molecule has 1 amide bonds. The number of H-pyrrole nitrogens is 1. The molecule has 3 atom stereocenters. The van der Waals surface area contributed by atoms with Crippen LogP contribution < -0.4 is 10.1 Å². The second-order valence-corrected chi connectivity index (χ2v) is 8.45. The maximum absolute atomic E-state index is 13.3. The lowest BCUT2D eigenvalue weighted by molar-refractivity contribution is -0.127. The first kappa shape index (κ1) is 18.5. The number of aromatic amines is 1. The molecule has 0 spiro atoms. The minimum Gasteiger partial charge on any atom is -0.493 e. The van der Waals surface area contributed by atoms with Gasteiger partial charge < -0.3 is 15.0 Å². The largest absolute Gasteiger partial charge is 0.493 e. The SMILES string of the molecule is O=C(N[C@@H]1CCOc2ccccc21)[C@@H]1CCCC[C@H]1c1nc2ccc(Cl)cc2[nH]1. The Labute approximate surface area is 174 Å². The molecule has 6 heteroatoms. The van der Waals surface area contributed by atoms with E-state index in [9.17, 15) is 4.79 Å². The predicted molar refractivity (Wildman–Crippen MR) is 113 cm³/mol. The highest BCUT2D eigenvalue weighted by molar-refractivity contribution is 6.31. The number of carbonyl (C=O) groups is 1. The molecule has 150 valence electrons. The normalized spacial score (nSPS) is 24.0. The van der Waals surface area contributed by atoms with Crippen LogP contribution in [0.1, 0.15) is 55.5 Å². The Morgan fingerprint density at radius 1 is 1.14 bits per heavy atom. The van der Waals surface area contributed by atoms with Crippen LogP contribution in [0.4, 0.5) is 0 Å². The molecule has 0 saturated heterocycles. The van der Waals surface area contributed by atoms with Gasteiger partial charge in [-0.25, -0.2) is 4.98 Å². The average molecular weight is 410 g/mol. The Hall–Kier alpha value is -2.53. The Bertz CT molecular complexity index is 1050. The molecule has 1 saturated carbocycles. The number of aromatic nitrogens is 2. The maximum atomic E-state index is 13.3. The number of amides is 1. The predicted octanol–water partition coefficient (Wildman–Crippen LogP) is 5.13. The smallest absolute Gasteiger partial charge is 0.224 e. The van der Waals surface area contributed by atoms with Gasteiger partial charge in [-0.15, -0.1) is 0 Å². The summed E-state index contributed by atoms with van der Waals surface area (Å²) in [5.41, 5.74) is 2.89. The van der Waals surface area contributed by atoms with Crippen molar-refractivity contribution in [1.29, 1.82) is 0 Å². The van der Waals surface area contributed by atoms with E-state index in [-0.39, 0.29) is 23.8 Å². The van der Waals surface area contributed by atoms with Gasteiger partial charge in [0.15, 0.2) is 0 Å². The van der Waals surface area contributed by atoms with Gasteiger partial charge >= 0.3 is 0 Å². The van der Waals surface area contributed by atoms with Crippen molar-refractivity contribution in [2.75, 3.05) is 6.61 Å². The van der Waals surface area contributed by atoms with E-state index in [0.29, 0.717) is 11.6 Å². The molecule has 1 aromatic heterocycles. The van der Waals surface area contributed by atoms with Gasteiger partial charge in [-0.1, -0.05) is 42.6 Å². The highest BCUT2D eigenvalue weighted by Gasteiger charge is 2.35. The van der Waals surface area contributed by atoms with Gasteiger partial charge in [0.05, 0.1) is 23.7 Å². The third-order valence-corrected chi connectivity index (χ3v) is 6.43. The summed E-state index contributed by atoms with van der Waals surface area (Å²) < 4.78 is 5.74. The first-order valence-electron chi connectivity index (χ1n) is 10.4. The van der Waals surface area contributed by atoms with Crippen molar-refractivity contribution >= 4 is 28.5 Å². The number of fused-ring (bicyclic) bond motifs is 2. The molecule has 5 rings (SSSR count). The van der Waals surface area contributed by atoms with Gasteiger partial charge in [0, 0.05) is 28.8 Å². The van der Waals surface area contributed by atoms with Crippen molar-refractivity contribution in [2.24, 2.45) is 5.92 Å². The Morgan fingerprint density at radius 2 is 2.00 bits per heavy atom. The van der Waals surface area contributed by atoms with E-state index < -0.39 is 0 Å². The minimum atomic E-state index is -0.0743. The zero-order valence-electron chi connectivity index (χ0n) is 16.2. The summed E-state index contributed by atoms with van der Waals surface area (Å²) in [6.45, 7) is 0.625. The molecule has 2 aliphatic rings. The number of benzene rings is 2. The van der Waals surface area contributed by atoms with Crippen LogP contribution in [0.5, 0.6) is 5.75 Å². The molecule has 2 N–H and O–H groups in total. The van der Waals surface area contributed by atoms with Crippen LogP contribution in [-0.2, 0) is 4.79 Å². The molecule has 0 unspecified atom stereocenters. The van der Waals surface area contributed by atoms with E-state index in [1.54, 1.807) is 0 Å². The summed E-state index contributed by atoms with van der Waals surface area (Å²) in [7, 11) is 0. The van der Waals surface area contributed by atoms with Crippen LogP contribution in [0.3, 0.4) is 0 Å². The van der Waals surface area contributed by atoms with E-state index in [1.165, 1.54) is 0 Å². The first-order valence-corrected chi connectivity index (χ1v) is 10.7. The summed E-state index contributed by atoms with van der Waals surface area (Å²) in [4.78, 5) is 21.5. The van der Waals surface area contributed by atoms with Crippen LogP contribution in [0, 0.1) is 5.92 Å². The molecule has 1 fully saturated rings. The third-order valence-electron chi connectivity index (χ3n) is 6.19. The highest BCUT2D eigenvalue weighted by atomic mass is 35.5. The summed E-state index contributed by atoms with van der Waals surface area (Å²) in [5.74, 6) is 1.92. The lowest BCUT2D eigenvalue weighted by Gasteiger charge is -2.32. The van der Waals surface area contributed by atoms with E-state index in [0.717, 1.165) is 60.3 Å². The quantitative estimate of drug-likeness (QED) is 0.630. The second-order valence-electron chi connectivity index (χ2n) is 8.02. The monoisotopic (exact) mass is 409 g/mol. The Morgan fingerprint density at radius 3 is 2.93 bits per heavy atom. The van der Waals surface area contributed by atoms with Crippen LogP contribution in [-0.4, -0.2) is 22.5 Å². The fourth-order valence-corrected chi connectivity index (χ4v) is 4.89. The lowest BCUT2D eigenvalue weighted by atomic mass is 9.78. The summed E-state index contributed by atoms with van der Waals surface area (Å²) >= 11 is 6.12. The Kier molecular flexibility index (Phi) is 4.92. The zero-order chi connectivity index (χ0) is 19.8.